The van der Waals surface area contributed by atoms with Gasteiger partial charge in [-0.3, -0.25) is 0 Å². The maximum atomic E-state index is 12.9. The molecule has 0 saturated heterocycles. The molecule has 0 radical (unpaired) electrons. The summed E-state index contributed by atoms with van der Waals surface area (Å²) >= 11 is 0. The largest absolute Gasteiger partial charge is 0.331 e. The Hall–Kier alpha value is -2.28. The van der Waals surface area contributed by atoms with Gasteiger partial charge in [-0.05, 0) is 40.9 Å². The molecule has 7 heteroatoms. The fourth-order valence-corrected chi connectivity index (χ4v) is 4.37. The number of carbonyl (C=O) groups is 1. The van der Waals surface area contributed by atoms with Crippen molar-refractivity contribution in [3.05, 3.63) is 29.3 Å². The van der Waals surface area contributed by atoms with E-state index in [2.05, 4.69) is 72.0 Å². The lowest BCUT2D eigenvalue weighted by atomic mass is 9.92. The average Bonchev–Trinajstić information content (AvgIpc) is 3.30. The first-order valence-corrected chi connectivity index (χ1v) is 10.3. The summed E-state index contributed by atoms with van der Waals surface area (Å²) in [4.78, 5) is 12.9. The molecule has 28 heavy (non-hydrogen) atoms. The van der Waals surface area contributed by atoms with Crippen LogP contribution < -0.4 is 10.6 Å². The van der Waals surface area contributed by atoms with Crippen LogP contribution in [-0.2, 0) is 0 Å². The second-order valence-corrected chi connectivity index (χ2v) is 8.71. The molecular formula is C21H33N6O+. The molecule has 2 aliphatic rings. The summed E-state index contributed by atoms with van der Waals surface area (Å²) in [6, 6.07) is 6.09. The smallest absolute Gasteiger partial charge is 0.319 e. The van der Waals surface area contributed by atoms with Crippen LogP contribution in [0.2, 0.25) is 0 Å². The van der Waals surface area contributed by atoms with Crippen molar-refractivity contribution in [1.82, 2.24) is 5.32 Å². The van der Waals surface area contributed by atoms with Gasteiger partial charge in [-0.15, -0.1) is 0 Å². The molecule has 152 valence electrons. The molecule has 1 atom stereocenters. The van der Waals surface area contributed by atoms with E-state index in [9.17, 15) is 4.79 Å². The molecule has 1 heterocycles. The van der Waals surface area contributed by atoms with Crippen molar-refractivity contribution in [2.24, 2.45) is 15.4 Å². The predicted molar refractivity (Wildman–Crippen MR) is 112 cm³/mol. The number of benzene rings is 1. The first-order valence-electron chi connectivity index (χ1n) is 10.3. The Morgan fingerprint density at radius 2 is 1.75 bits per heavy atom. The van der Waals surface area contributed by atoms with Gasteiger partial charge >= 0.3 is 6.03 Å². The molecule has 1 unspecified atom stereocenters. The Labute approximate surface area is 167 Å². The summed E-state index contributed by atoms with van der Waals surface area (Å²) in [5.74, 6) is 0.665. The molecule has 3 rings (SSSR count). The van der Waals surface area contributed by atoms with Gasteiger partial charge in [-0.1, -0.05) is 55.7 Å². The van der Waals surface area contributed by atoms with Gasteiger partial charge < -0.3 is 10.6 Å². The van der Waals surface area contributed by atoms with E-state index >= 15 is 0 Å². The maximum Gasteiger partial charge on any atom is 0.319 e. The molecule has 2 amide bonds. The van der Waals surface area contributed by atoms with Gasteiger partial charge in [0.1, 0.15) is 7.05 Å². The number of anilines is 1. The highest BCUT2D eigenvalue weighted by Gasteiger charge is 2.54. The van der Waals surface area contributed by atoms with Crippen molar-refractivity contribution < 1.29 is 9.50 Å². The number of likely N-dealkylation sites (N-methyl/N-ethyl adjacent to an activating group) is 1. The lowest BCUT2D eigenvalue weighted by Gasteiger charge is -2.36. The minimum absolute atomic E-state index is 0.173. The lowest BCUT2D eigenvalue weighted by Crippen LogP contribution is -2.59. The van der Waals surface area contributed by atoms with Crippen LogP contribution in [-0.4, -0.2) is 36.2 Å². The third-order valence-electron chi connectivity index (χ3n) is 6.18. The molecule has 7 nitrogen and oxygen atoms in total. The van der Waals surface area contributed by atoms with Gasteiger partial charge in [0.25, 0.3) is 0 Å². The summed E-state index contributed by atoms with van der Waals surface area (Å²) in [5, 5.41) is 19.0. The molecule has 1 saturated carbocycles. The Kier molecular flexibility index (Phi) is 5.84. The number of quaternary nitrogens is 1. The number of hydrogen-bond acceptors (Lipinski definition) is 4. The highest BCUT2D eigenvalue weighted by molar-refractivity contribution is 5.91. The average molecular weight is 386 g/mol. The number of para-hydroxylation sites is 1. The molecule has 1 fully saturated rings. The zero-order valence-electron chi connectivity index (χ0n) is 17.7. The number of urea groups is 1. The second-order valence-electron chi connectivity index (χ2n) is 8.71. The normalized spacial score (nSPS) is 23.0. The minimum atomic E-state index is -0.230. The Bertz CT molecular complexity index is 739. The second kappa shape index (κ2) is 7.99. The summed E-state index contributed by atoms with van der Waals surface area (Å²) in [6.45, 7) is 9.12. The van der Waals surface area contributed by atoms with Crippen molar-refractivity contribution >= 4 is 18.1 Å². The van der Waals surface area contributed by atoms with E-state index in [1.165, 1.54) is 6.34 Å². The third kappa shape index (κ3) is 3.81. The first kappa shape index (κ1) is 20.5. The molecule has 2 N–H and O–H groups in total. The van der Waals surface area contributed by atoms with E-state index in [1.54, 1.807) is 0 Å². The number of nitrogens with one attached hydrogen (secondary N) is 2. The molecule has 1 aliphatic heterocycles. The van der Waals surface area contributed by atoms with Crippen LogP contribution in [0.15, 0.2) is 33.6 Å². The topological polar surface area (TPSA) is 78.2 Å². The first-order chi connectivity index (χ1) is 13.3. The van der Waals surface area contributed by atoms with Crippen LogP contribution in [0.25, 0.3) is 0 Å². The zero-order chi connectivity index (χ0) is 20.4. The van der Waals surface area contributed by atoms with Crippen molar-refractivity contribution in [3.63, 3.8) is 0 Å². The summed E-state index contributed by atoms with van der Waals surface area (Å²) < 4.78 is 0.174. The number of hydrogen-bond donors (Lipinski definition) is 2. The quantitative estimate of drug-likeness (QED) is 0.654. The van der Waals surface area contributed by atoms with Gasteiger partial charge in [0, 0.05) is 18.5 Å². The van der Waals surface area contributed by atoms with E-state index in [-0.39, 0.29) is 16.3 Å². The molecular weight excluding hydrogens is 352 g/mol. The lowest BCUT2D eigenvalue weighted by molar-refractivity contribution is -0.971. The Morgan fingerprint density at radius 3 is 2.25 bits per heavy atom. The van der Waals surface area contributed by atoms with Gasteiger partial charge in [-0.2, -0.15) is 0 Å². The Balaban J connectivity index is 1.76. The zero-order valence-corrected chi connectivity index (χ0v) is 17.7. The number of amides is 2. The molecule has 0 bridgehead atoms. The van der Waals surface area contributed by atoms with E-state index in [4.69, 9.17) is 0 Å². The van der Waals surface area contributed by atoms with Crippen LogP contribution in [0.5, 0.6) is 0 Å². The molecule has 1 aromatic rings. The number of nitrogens with zero attached hydrogens (tertiary/aromatic N) is 4. The van der Waals surface area contributed by atoms with Crippen molar-refractivity contribution in [1.29, 1.82) is 0 Å². The highest BCUT2D eigenvalue weighted by atomic mass is 16.2. The van der Waals surface area contributed by atoms with Crippen LogP contribution >= 0.6 is 0 Å². The van der Waals surface area contributed by atoms with E-state index in [0.29, 0.717) is 18.4 Å². The monoisotopic (exact) mass is 385 g/mol. The summed E-state index contributed by atoms with van der Waals surface area (Å²) in [6.07, 6.45) is 5.69. The van der Waals surface area contributed by atoms with Gasteiger partial charge in [-0.25, -0.2) is 4.79 Å². The van der Waals surface area contributed by atoms with Crippen LogP contribution in [0, 0.1) is 0 Å². The SMILES string of the molecule is CC(C)c1cccc(C(C)C)c1NC(=O)NCC1([N+]2(C)N=CN=N2)CCCC1. The summed E-state index contributed by atoms with van der Waals surface area (Å²) in [5.41, 5.74) is 3.03. The number of carbonyl (C=O) groups excluding carboxylic acids is 1. The molecule has 1 aliphatic carbocycles. The van der Waals surface area contributed by atoms with Crippen molar-refractivity contribution in [2.75, 3.05) is 18.9 Å². The maximum absolute atomic E-state index is 12.9. The van der Waals surface area contributed by atoms with E-state index in [0.717, 1.165) is 42.5 Å². The van der Waals surface area contributed by atoms with Crippen LogP contribution in [0.1, 0.15) is 76.3 Å². The third-order valence-corrected chi connectivity index (χ3v) is 6.18. The summed E-state index contributed by atoms with van der Waals surface area (Å²) in [7, 11) is 1.96. The van der Waals surface area contributed by atoms with Crippen LogP contribution in [0.3, 0.4) is 0 Å². The fourth-order valence-electron chi connectivity index (χ4n) is 4.37. The van der Waals surface area contributed by atoms with E-state index in [1.807, 2.05) is 7.05 Å². The molecule has 0 aromatic heterocycles. The van der Waals surface area contributed by atoms with Crippen molar-refractivity contribution in [3.8, 4) is 0 Å². The van der Waals surface area contributed by atoms with Crippen LogP contribution in [0.4, 0.5) is 10.5 Å². The van der Waals surface area contributed by atoms with E-state index < -0.39 is 0 Å². The minimum Gasteiger partial charge on any atom is -0.331 e. The fraction of sp³-hybridized carbons (Fsp3) is 0.619. The molecule has 1 aromatic carbocycles. The van der Waals surface area contributed by atoms with Crippen molar-refractivity contribution in [2.45, 2.75) is 70.8 Å². The molecule has 0 spiro atoms. The predicted octanol–water partition coefficient (Wildman–Crippen LogP) is 5.14. The van der Waals surface area contributed by atoms with Gasteiger partial charge in [0.2, 0.25) is 6.34 Å². The standard InChI is InChI=1S/C21H32N6O/c1-15(2)17-9-8-10-18(16(3)4)19(17)25-20(28)22-13-21(11-6-7-12-21)27(5)24-14-23-26-27/h8-10,14-16H,6-7,11-13H2,1-5H3,(H-,22,25,28)/p+1. The van der Waals surface area contributed by atoms with Gasteiger partial charge in [0.15, 0.2) is 5.54 Å². The highest BCUT2D eigenvalue weighted by Crippen LogP contribution is 2.41. The van der Waals surface area contributed by atoms with Gasteiger partial charge in [0.05, 0.1) is 11.8 Å². The number of rotatable bonds is 6. The Morgan fingerprint density at radius 1 is 1.14 bits per heavy atom.